The lowest BCUT2D eigenvalue weighted by Gasteiger charge is -2.30. The third-order valence-corrected chi connectivity index (χ3v) is 8.20. The smallest absolute Gasteiger partial charge is 0.273 e. The summed E-state index contributed by atoms with van der Waals surface area (Å²) in [6, 6.07) is 6.44. The van der Waals surface area contributed by atoms with E-state index in [9.17, 15) is 18.0 Å². The summed E-state index contributed by atoms with van der Waals surface area (Å²) in [5.74, 6) is -0.928. The fraction of sp³-hybridized carbons (Fsp3) is 0.583. The minimum Gasteiger partial charge on any atom is -0.353 e. The fourth-order valence-electron chi connectivity index (χ4n) is 3.84. The van der Waals surface area contributed by atoms with Crippen LogP contribution in [0, 0.1) is 16.7 Å². The van der Waals surface area contributed by atoms with Crippen molar-refractivity contribution >= 4 is 44.3 Å². The van der Waals surface area contributed by atoms with E-state index >= 15 is 0 Å². The van der Waals surface area contributed by atoms with Gasteiger partial charge in [0.2, 0.25) is 15.9 Å². The Morgan fingerprint density at radius 2 is 1.97 bits per heavy atom. The van der Waals surface area contributed by atoms with Crippen LogP contribution in [0.4, 0.5) is 0 Å². The number of fused-ring (bicyclic) bond motifs is 1. The van der Waals surface area contributed by atoms with Crippen LogP contribution in [0.15, 0.2) is 18.2 Å². The molecule has 1 aromatic carbocycles. The lowest BCUT2D eigenvalue weighted by Crippen LogP contribution is -2.54. The van der Waals surface area contributed by atoms with Crippen molar-refractivity contribution in [1.82, 2.24) is 25.1 Å². The number of nitrogens with zero attached hydrogens (tertiary/aromatic N) is 3. The van der Waals surface area contributed by atoms with Gasteiger partial charge < -0.3 is 10.6 Å². The molecule has 2 aromatic rings. The minimum absolute atomic E-state index is 0.0781. The molecule has 1 aromatic heterocycles. The number of halogens is 1. The van der Waals surface area contributed by atoms with E-state index in [-0.39, 0.29) is 24.0 Å². The van der Waals surface area contributed by atoms with Crippen molar-refractivity contribution in [2.24, 2.45) is 5.41 Å². The Balaban J connectivity index is 1.72. The highest BCUT2D eigenvalue weighted by Gasteiger charge is 2.36. The lowest BCUT2D eigenvalue weighted by molar-refractivity contribution is -0.125. The van der Waals surface area contributed by atoms with Crippen molar-refractivity contribution in [2.45, 2.75) is 70.7 Å². The second-order valence-electron chi connectivity index (χ2n) is 10.0. The first-order valence-electron chi connectivity index (χ1n) is 12.0. The van der Waals surface area contributed by atoms with Gasteiger partial charge in [0.1, 0.15) is 6.04 Å². The van der Waals surface area contributed by atoms with Gasteiger partial charge in [-0.3, -0.25) is 14.3 Å². The fourth-order valence-corrected chi connectivity index (χ4v) is 5.49. The van der Waals surface area contributed by atoms with Gasteiger partial charge in [0, 0.05) is 31.4 Å². The molecule has 1 heterocycles. The number of unbranched alkanes of at least 4 members (excludes halogenated alkanes) is 2. The van der Waals surface area contributed by atoms with Crippen LogP contribution >= 0.6 is 11.6 Å². The largest absolute Gasteiger partial charge is 0.353 e. The standard InChI is InChI=1S/C24H33ClN6O4S/c1-24(2,3)21(23(33)27-13-14-28-36(34,35)16-10-11-16)29-22(32)19-17-8-7-9-18(25)20(17)31(30-19)15-6-4-5-12-26/h7-9,16,21,28H,4-6,10-11,13-15H2,1-3H3,(H,27,33)(H,29,32). The topological polar surface area (TPSA) is 146 Å². The van der Waals surface area contributed by atoms with Crippen molar-refractivity contribution in [1.29, 1.82) is 5.26 Å². The first-order chi connectivity index (χ1) is 17.0. The summed E-state index contributed by atoms with van der Waals surface area (Å²) in [4.78, 5) is 26.3. The van der Waals surface area contributed by atoms with E-state index < -0.39 is 33.3 Å². The quantitative estimate of drug-likeness (QED) is 0.355. The zero-order valence-electron chi connectivity index (χ0n) is 20.8. The lowest BCUT2D eigenvalue weighted by atomic mass is 9.86. The molecular weight excluding hydrogens is 504 g/mol. The van der Waals surface area contributed by atoms with E-state index in [4.69, 9.17) is 16.9 Å². The number of nitrogens with one attached hydrogen (secondary N) is 3. The SMILES string of the molecule is CC(C)(C)C(NC(=O)c1nn(CCCCC#N)c2c(Cl)cccc12)C(=O)NCCNS(=O)(=O)C1CC1. The number of para-hydroxylation sites is 1. The summed E-state index contributed by atoms with van der Waals surface area (Å²) in [7, 11) is -3.33. The monoisotopic (exact) mass is 536 g/mol. The van der Waals surface area contributed by atoms with Crippen LogP contribution in [0.1, 0.15) is 63.4 Å². The Morgan fingerprint density at radius 3 is 2.61 bits per heavy atom. The molecule has 1 fully saturated rings. The molecule has 1 aliphatic rings. The van der Waals surface area contributed by atoms with E-state index in [1.54, 1.807) is 22.9 Å². The van der Waals surface area contributed by atoms with Gasteiger partial charge in [-0.1, -0.05) is 44.5 Å². The van der Waals surface area contributed by atoms with Crippen LogP contribution in [0.2, 0.25) is 5.02 Å². The number of amides is 2. The van der Waals surface area contributed by atoms with E-state index in [2.05, 4.69) is 26.5 Å². The third kappa shape index (κ3) is 6.96. The molecule has 3 N–H and O–H groups in total. The predicted octanol–water partition coefficient (Wildman–Crippen LogP) is 2.73. The number of hydrogen-bond donors (Lipinski definition) is 3. The maximum absolute atomic E-state index is 13.3. The number of benzene rings is 1. The number of rotatable bonds is 12. The summed E-state index contributed by atoms with van der Waals surface area (Å²) in [6.45, 7) is 6.16. The maximum Gasteiger partial charge on any atom is 0.273 e. The Bertz CT molecular complexity index is 1260. The molecule has 1 saturated carbocycles. The van der Waals surface area contributed by atoms with E-state index in [1.165, 1.54) is 0 Å². The number of nitriles is 1. The average molecular weight is 537 g/mol. The van der Waals surface area contributed by atoms with Crippen molar-refractivity contribution < 1.29 is 18.0 Å². The van der Waals surface area contributed by atoms with Crippen molar-refractivity contribution in [3.63, 3.8) is 0 Å². The van der Waals surface area contributed by atoms with Gasteiger partial charge in [0.15, 0.2) is 5.69 Å². The first-order valence-corrected chi connectivity index (χ1v) is 14.0. The van der Waals surface area contributed by atoms with Gasteiger partial charge in [-0.2, -0.15) is 10.4 Å². The molecule has 0 aliphatic heterocycles. The van der Waals surface area contributed by atoms with Crippen LogP contribution in [-0.4, -0.2) is 54.4 Å². The molecule has 2 amide bonds. The zero-order chi connectivity index (χ0) is 26.5. The second-order valence-corrected chi connectivity index (χ2v) is 12.5. The van der Waals surface area contributed by atoms with Crippen LogP contribution in [0.25, 0.3) is 10.9 Å². The molecule has 0 saturated heterocycles. The maximum atomic E-state index is 13.3. The molecule has 1 aliphatic carbocycles. The summed E-state index contributed by atoms with van der Waals surface area (Å²) in [5.41, 5.74) is 0.161. The van der Waals surface area contributed by atoms with Crippen LogP contribution < -0.4 is 15.4 Å². The first kappa shape index (κ1) is 27.9. The molecular formula is C24H33ClN6O4S. The van der Waals surface area contributed by atoms with Gasteiger partial charge in [-0.05, 0) is 37.2 Å². The number of aromatic nitrogens is 2. The molecule has 0 spiro atoms. The molecule has 0 radical (unpaired) electrons. The molecule has 36 heavy (non-hydrogen) atoms. The van der Waals surface area contributed by atoms with E-state index in [0.29, 0.717) is 54.6 Å². The van der Waals surface area contributed by atoms with Gasteiger partial charge >= 0.3 is 0 Å². The Morgan fingerprint density at radius 1 is 1.25 bits per heavy atom. The van der Waals surface area contributed by atoms with Crippen molar-refractivity contribution in [2.75, 3.05) is 13.1 Å². The molecule has 196 valence electrons. The van der Waals surface area contributed by atoms with Gasteiger partial charge in [-0.15, -0.1) is 0 Å². The molecule has 3 rings (SSSR count). The summed E-state index contributed by atoms with van der Waals surface area (Å²) in [6.07, 6.45) is 3.16. The van der Waals surface area contributed by atoms with Gasteiger partial charge in [0.05, 0.1) is 21.9 Å². The number of carbonyl (C=O) groups excluding carboxylic acids is 2. The van der Waals surface area contributed by atoms with Crippen LogP contribution in [-0.2, 0) is 21.4 Å². The van der Waals surface area contributed by atoms with E-state index in [0.717, 1.165) is 0 Å². The zero-order valence-corrected chi connectivity index (χ0v) is 22.4. The molecule has 10 nitrogen and oxygen atoms in total. The van der Waals surface area contributed by atoms with Crippen LogP contribution in [0.5, 0.6) is 0 Å². The number of carbonyl (C=O) groups is 2. The second kappa shape index (κ2) is 11.6. The Kier molecular flexibility index (Phi) is 8.98. The third-order valence-electron chi connectivity index (χ3n) is 5.94. The molecule has 1 unspecified atom stereocenters. The predicted molar refractivity (Wildman–Crippen MR) is 138 cm³/mol. The van der Waals surface area contributed by atoms with Gasteiger partial charge in [-0.25, -0.2) is 13.1 Å². The van der Waals surface area contributed by atoms with E-state index in [1.807, 2.05) is 20.8 Å². The molecule has 1 atom stereocenters. The highest BCUT2D eigenvalue weighted by atomic mass is 35.5. The Hall–Kier alpha value is -2.68. The molecule has 0 bridgehead atoms. The summed E-state index contributed by atoms with van der Waals surface area (Å²) in [5, 5.41) is 19.5. The number of aryl methyl sites for hydroxylation is 1. The average Bonchev–Trinajstić information content (AvgIpc) is 3.60. The highest BCUT2D eigenvalue weighted by Crippen LogP contribution is 2.28. The normalized spacial score (nSPS) is 14.9. The number of hydrogen-bond acceptors (Lipinski definition) is 6. The number of sulfonamides is 1. The van der Waals surface area contributed by atoms with Crippen molar-refractivity contribution in [3.05, 3.63) is 28.9 Å². The Labute approximate surface area is 216 Å². The molecule has 12 heteroatoms. The highest BCUT2D eigenvalue weighted by molar-refractivity contribution is 7.90. The van der Waals surface area contributed by atoms with Crippen LogP contribution in [0.3, 0.4) is 0 Å². The van der Waals surface area contributed by atoms with Gasteiger partial charge in [0.25, 0.3) is 5.91 Å². The summed E-state index contributed by atoms with van der Waals surface area (Å²) < 4.78 is 28.1. The van der Waals surface area contributed by atoms with Crippen molar-refractivity contribution in [3.8, 4) is 6.07 Å². The summed E-state index contributed by atoms with van der Waals surface area (Å²) >= 11 is 6.42. The minimum atomic E-state index is -3.33.